The monoisotopic (exact) mass is 419 g/mol. The normalized spacial score (nSPS) is 19.9. The number of benzene rings is 1. The Morgan fingerprint density at radius 3 is 3.00 bits per heavy atom. The average Bonchev–Trinajstić information content (AvgIpc) is 3.22. The SMILES string of the molecule is N=CN=C(N)c1ccc2[nH]nc(C3=CC=CC(NC(=O)CCN4CCCCC4)C3)c2c1. The molecule has 8 nitrogen and oxygen atoms in total. The van der Waals surface area contributed by atoms with Crippen LogP contribution in [0.1, 0.15) is 43.4 Å². The number of allylic oxidation sites excluding steroid dienone is 2. The largest absolute Gasteiger partial charge is 0.383 e. The molecule has 1 fully saturated rings. The summed E-state index contributed by atoms with van der Waals surface area (Å²) >= 11 is 0. The highest BCUT2D eigenvalue weighted by atomic mass is 16.1. The maximum atomic E-state index is 12.5. The van der Waals surface area contributed by atoms with Crippen molar-refractivity contribution in [2.45, 2.75) is 38.1 Å². The Kier molecular flexibility index (Phi) is 6.57. The van der Waals surface area contributed by atoms with Gasteiger partial charge in [-0.15, -0.1) is 0 Å². The van der Waals surface area contributed by atoms with Gasteiger partial charge in [0.05, 0.1) is 17.3 Å². The fourth-order valence-electron chi connectivity index (χ4n) is 4.24. The molecular formula is C23H29N7O. The fourth-order valence-corrected chi connectivity index (χ4v) is 4.24. The van der Waals surface area contributed by atoms with Crippen molar-refractivity contribution < 1.29 is 4.79 Å². The summed E-state index contributed by atoms with van der Waals surface area (Å²) in [6.07, 6.45) is 12.0. The van der Waals surface area contributed by atoms with E-state index in [-0.39, 0.29) is 11.9 Å². The number of piperidine rings is 1. The van der Waals surface area contributed by atoms with Gasteiger partial charge in [0.2, 0.25) is 5.91 Å². The molecule has 1 saturated heterocycles. The van der Waals surface area contributed by atoms with Crippen LogP contribution in [0.3, 0.4) is 0 Å². The number of amidine groups is 1. The van der Waals surface area contributed by atoms with Crippen LogP contribution in [0.4, 0.5) is 0 Å². The van der Waals surface area contributed by atoms with E-state index in [4.69, 9.17) is 11.1 Å². The van der Waals surface area contributed by atoms with E-state index in [1.165, 1.54) is 19.3 Å². The Morgan fingerprint density at radius 1 is 1.35 bits per heavy atom. The van der Waals surface area contributed by atoms with Crippen LogP contribution >= 0.6 is 0 Å². The molecule has 1 amide bonds. The molecule has 5 N–H and O–H groups in total. The molecule has 2 aromatic rings. The van der Waals surface area contributed by atoms with Crippen LogP contribution in [0.5, 0.6) is 0 Å². The van der Waals surface area contributed by atoms with E-state index in [1.54, 1.807) is 0 Å². The van der Waals surface area contributed by atoms with Gasteiger partial charge in [-0.05, 0) is 56.1 Å². The number of fused-ring (bicyclic) bond motifs is 1. The number of nitrogens with two attached hydrogens (primary N) is 1. The predicted octanol–water partition coefficient (Wildman–Crippen LogP) is 2.58. The first-order chi connectivity index (χ1) is 15.1. The van der Waals surface area contributed by atoms with Crippen LogP contribution in [-0.2, 0) is 4.79 Å². The molecule has 0 spiro atoms. The number of nitrogens with zero attached hydrogens (tertiary/aromatic N) is 3. The lowest BCUT2D eigenvalue weighted by Crippen LogP contribution is -2.38. The Balaban J connectivity index is 1.42. The lowest BCUT2D eigenvalue weighted by molar-refractivity contribution is -0.121. The highest BCUT2D eigenvalue weighted by Crippen LogP contribution is 2.29. The number of hydrogen-bond donors (Lipinski definition) is 4. The van der Waals surface area contributed by atoms with E-state index in [2.05, 4.69) is 25.4 Å². The summed E-state index contributed by atoms with van der Waals surface area (Å²) in [6, 6.07) is 5.65. The van der Waals surface area contributed by atoms with Gasteiger partial charge in [-0.25, -0.2) is 4.99 Å². The van der Waals surface area contributed by atoms with E-state index in [1.807, 2.05) is 36.4 Å². The van der Waals surface area contributed by atoms with Crippen molar-refractivity contribution >= 4 is 34.6 Å². The van der Waals surface area contributed by atoms with Crippen LogP contribution in [0, 0.1) is 5.41 Å². The van der Waals surface area contributed by atoms with Crippen molar-refractivity contribution in [3.05, 3.63) is 47.7 Å². The average molecular weight is 420 g/mol. The third-order valence-corrected chi connectivity index (χ3v) is 5.90. The van der Waals surface area contributed by atoms with Crippen molar-refractivity contribution in [3.63, 3.8) is 0 Å². The number of rotatable bonds is 7. The third-order valence-electron chi connectivity index (χ3n) is 5.90. The molecule has 1 unspecified atom stereocenters. The van der Waals surface area contributed by atoms with Crippen molar-refractivity contribution in [2.75, 3.05) is 19.6 Å². The van der Waals surface area contributed by atoms with Crippen molar-refractivity contribution in [1.29, 1.82) is 5.41 Å². The van der Waals surface area contributed by atoms with Crippen molar-refractivity contribution in [1.82, 2.24) is 20.4 Å². The molecule has 1 aliphatic heterocycles. The van der Waals surface area contributed by atoms with Gasteiger partial charge in [0.15, 0.2) is 0 Å². The van der Waals surface area contributed by atoms with E-state index in [0.717, 1.165) is 53.7 Å². The number of carbonyl (C=O) groups is 1. The van der Waals surface area contributed by atoms with Crippen LogP contribution in [0.2, 0.25) is 0 Å². The van der Waals surface area contributed by atoms with Crippen LogP contribution in [-0.4, -0.2) is 58.9 Å². The summed E-state index contributed by atoms with van der Waals surface area (Å²) in [5.74, 6) is 0.381. The molecule has 4 rings (SSSR count). The van der Waals surface area contributed by atoms with Crippen LogP contribution in [0.15, 0.2) is 41.4 Å². The number of aliphatic imine (C=N–C) groups is 1. The van der Waals surface area contributed by atoms with Gasteiger partial charge in [0.1, 0.15) is 12.2 Å². The number of likely N-dealkylation sites (tertiary alicyclic amines) is 1. The van der Waals surface area contributed by atoms with Gasteiger partial charge in [-0.1, -0.05) is 24.6 Å². The van der Waals surface area contributed by atoms with Gasteiger partial charge in [0, 0.05) is 23.9 Å². The number of carbonyl (C=O) groups excluding carboxylic acids is 1. The zero-order chi connectivity index (χ0) is 21.6. The fraction of sp³-hybridized carbons (Fsp3) is 0.391. The van der Waals surface area contributed by atoms with E-state index in [9.17, 15) is 4.79 Å². The highest BCUT2D eigenvalue weighted by molar-refractivity contribution is 6.04. The lowest BCUT2D eigenvalue weighted by atomic mass is 9.95. The Morgan fingerprint density at radius 2 is 2.19 bits per heavy atom. The summed E-state index contributed by atoms with van der Waals surface area (Å²) < 4.78 is 0. The second-order valence-electron chi connectivity index (χ2n) is 8.08. The smallest absolute Gasteiger partial charge is 0.221 e. The number of hydrogen-bond acceptors (Lipinski definition) is 4. The number of nitrogens with one attached hydrogen (secondary N) is 3. The molecule has 2 heterocycles. The molecule has 0 saturated carbocycles. The zero-order valence-corrected chi connectivity index (χ0v) is 17.6. The highest BCUT2D eigenvalue weighted by Gasteiger charge is 2.20. The molecule has 2 aliphatic rings. The van der Waals surface area contributed by atoms with Gasteiger partial charge in [0.25, 0.3) is 0 Å². The van der Waals surface area contributed by atoms with Gasteiger partial charge < -0.3 is 16.0 Å². The second-order valence-corrected chi connectivity index (χ2v) is 8.08. The standard InChI is InChI=1S/C23H29N7O/c24-15-26-23(25)17-7-8-20-19(14-17)22(29-28-20)16-5-4-6-18(13-16)27-21(31)9-12-30-10-2-1-3-11-30/h4-8,14-15,18H,1-3,9-13H2,(H,27,31)(H,28,29)(H3,24,25,26). The van der Waals surface area contributed by atoms with Gasteiger partial charge in [-0.3, -0.25) is 15.3 Å². The van der Waals surface area contributed by atoms with Crippen molar-refractivity contribution in [2.24, 2.45) is 10.7 Å². The van der Waals surface area contributed by atoms with Crippen molar-refractivity contribution in [3.8, 4) is 0 Å². The summed E-state index contributed by atoms with van der Waals surface area (Å²) in [6.45, 7) is 3.04. The molecule has 1 aromatic carbocycles. The topological polar surface area (TPSA) is 123 Å². The first-order valence-electron chi connectivity index (χ1n) is 10.8. The number of amides is 1. The molecule has 162 valence electrons. The third kappa shape index (κ3) is 5.08. The maximum absolute atomic E-state index is 12.5. The number of H-pyrrole nitrogens is 1. The quantitative estimate of drug-likeness (QED) is 0.407. The molecule has 8 heteroatoms. The minimum Gasteiger partial charge on any atom is -0.383 e. The Labute approximate surface area is 181 Å². The summed E-state index contributed by atoms with van der Waals surface area (Å²) in [5.41, 5.74) is 9.48. The molecular weight excluding hydrogens is 390 g/mol. The van der Waals surface area contributed by atoms with Crippen LogP contribution in [0.25, 0.3) is 16.5 Å². The molecule has 0 radical (unpaired) electrons. The number of aromatic amines is 1. The van der Waals surface area contributed by atoms with Gasteiger partial charge >= 0.3 is 0 Å². The number of aromatic nitrogens is 2. The first kappa shape index (κ1) is 21.0. The maximum Gasteiger partial charge on any atom is 0.221 e. The Hall–Kier alpha value is -3.26. The van der Waals surface area contributed by atoms with Gasteiger partial charge in [-0.2, -0.15) is 5.10 Å². The molecule has 1 aliphatic carbocycles. The molecule has 31 heavy (non-hydrogen) atoms. The second kappa shape index (κ2) is 9.70. The minimum atomic E-state index is -0.0478. The molecule has 1 aromatic heterocycles. The minimum absolute atomic E-state index is 0.0478. The predicted molar refractivity (Wildman–Crippen MR) is 124 cm³/mol. The lowest BCUT2D eigenvalue weighted by Gasteiger charge is -2.26. The first-order valence-corrected chi connectivity index (χ1v) is 10.8. The molecule has 0 bridgehead atoms. The summed E-state index contributed by atoms with van der Waals surface area (Å²) in [7, 11) is 0. The van der Waals surface area contributed by atoms with E-state index >= 15 is 0 Å². The van der Waals surface area contributed by atoms with E-state index in [0.29, 0.717) is 18.7 Å². The summed E-state index contributed by atoms with van der Waals surface area (Å²) in [5, 5.41) is 18.8. The van der Waals surface area contributed by atoms with Crippen LogP contribution < -0.4 is 11.1 Å². The Bertz CT molecular complexity index is 1040. The summed E-state index contributed by atoms with van der Waals surface area (Å²) in [4.78, 5) is 18.7. The van der Waals surface area contributed by atoms with E-state index < -0.39 is 0 Å². The zero-order valence-electron chi connectivity index (χ0n) is 17.6. The molecule has 1 atom stereocenters.